The predicted octanol–water partition coefficient (Wildman–Crippen LogP) is 3.09. The van der Waals surface area contributed by atoms with Gasteiger partial charge < -0.3 is 15.3 Å². The van der Waals surface area contributed by atoms with Gasteiger partial charge in [-0.05, 0) is 30.3 Å². The van der Waals surface area contributed by atoms with E-state index in [-0.39, 0.29) is 50.9 Å². The van der Waals surface area contributed by atoms with Crippen molar-refractivity contribution >= 4 is 50.1 Å². The van der Waals surface area contributed by atoms with Crippen LogP contribution in [0.1, 0.15) is 0 Å². The third-order valence-electron chi connectivity index (χ3n) is 5.97. The molecule has 192 valence electrons. The molecule has 0 bridgehead atoms. The van der Waals surface area contributed by atoms with Crippen molar-refractivity contribution in [2.75, 3.05) is 39.1 Å². The molecule has 1 aliphatic heterocycles. The second-order valence-electron chi connectivity index (χ2n) is 8.15. The molecule has 0 radical (unpaired) electrons. The number of nitrogens with two attached hydrogens (primary N) is 1. The average molecular weight is 562 g/mol. The largest absolute Gasteiger partial charge is 0.412 e. The molecule has 4 aromatic rings. The second-order valence-corrected chi connectivity index (χ2v) is 10.9. The molecule has 0 spiro atoms. The normalized spacial score (nSPS) is 14.7. The Morgan fingerprint density at radius 2 is 1.70 bits per heavy atom. The standard InChI is InChI=1S/C24H21Cl2N5O5S/c1-35-31-23-17(13-16(24(31)32)20-18(25)6-3-7-19(20)26)21(27)28-22(29-23)14-4-2-5-15(12-14)37(33,34)30-8-10-36-11-9-30/h2-7,12-13H,8-11H2,1H3,(H2,27,28,29). The second kappa shape index (κ2) is 9.92. The van der Waals surface area contributed by atoms with E-state index in [1.807, 2.05) is 0 Å². The molecular weight excluding hydrogens is 541 g/mol. The van der Waals surface area contributed by atoms with Crippen molar-refractivity contribution < 1.29 is 18.0 Å². The van der Waals surface area contributed by atoms with E-state index in [2.05, 4.69) is 9.97 Å². The summed E-state index contributed by atoms with van der Waals surface area (Å²) in [6.07, 6.45) is 0. The summed E-state index contributed by atoms with van der Waals surface area (Å²) in [6.45, 7) is 1.20. The van der Waals surface area contributed by atoms with E-state index in [4.69, 9.17) is 38.5 Å². The number of nitrogen functional groups attached to an aromatic ring is 1. The Bertz CT molecular complexity index is 1670. The number of pyridine rings is 1. The molecular formula is C24H21Cl2N5O5S. The highest BCUT2D eigenvalue weighted by Crippen LogP contribution is 2.35. The summed E-state index contributed by atoms with van der Waals surface area (Å²) in [7, 11) is -2.44. The zero-order valence-corrected chi connectivity index (χ0v) is 21.8. The number of rotatable bonds is 5. The summed E-state index contributed by atoms with van der Waals surface area (Å²) >= 11 is 12.7. The Hall–Kier alpha value is -3.22. The van der Waals surface area contributed by atoms with Gasteiger partial charge in [0.25, 0.3) is 5.56 Å². The van der Waals surface area contributed by atoms with Gasteiger partial charge in [0.2, 0.25) is 10.0 Å². The van der Waals surface area contributed by atoms with Crippen LogP contribution >= 0.6 is 23.2 Å². The molecule has 2 N–H and O–H groups in total. The number of fused-ring (bicyclic) bond motifs is 1. The van der Waals surface area contributed by atoms with Crippen LogP contribution in [0, 0.1) is 0 Å². The molecule has 2 aromatic heterocycles. The highest BCUT2D eigenvalue weighted by Gasteiger charge is 2.27. The van der Waals surface area contributed by atoms with E-state index in [0.717, 1.165) is 4.73 Å². The third-order valence-corrected chi connectivity index (χ3v) is 8.49. The van der Waals surface area contributed by atoms with Crippen molar-refractivity contribution in [3.8, 4) is 22.5 Å². The van der Waals surface area contributed by atoms with Crippen molar-refractivity contribution in [3.05, 3.63) is 68.9 Å². The van der Waals surface area contributed by atoms with Crippen LogP contribution in [0.25, 0.3) is 33.5 Å². The zero-order chi connectivity index (χ0) is 26.3. The van der Waals surface area contributed by atoms with Crippen LogP contribution in [-0.4, -0.2) is 60.8 Å². The fourth-order valence-corrected chi connectivity index (χ4v) is 6.20. The molecule has 1 aliphatic rings. The SMILES string of the molecule is COn1c(=O)c(-c2c(Cl)cccc2Cl)cc2c(N)nc(-c3cccc(S(=O)(=O)N4CCOCC4)c3)nc21. The highest BCUT2D eigenvalue weighted by molar-refractivity contribution is 7.89. The fraction of sp³-hybridized carbons (Fsp3) is 0.208. The van der Waals surface area contributed by atoms with Crippen LogP contribution in [0.5, 0.6) is 0 Å². The summed E-state index contributed by atoms with van der Waals surface area (Å²) in [5.41, 5.74) is 6.73. The van der Waals surface area contributed by atoms with Gasteiger partial charge in [-0.25, -0.2) is 18.4 Å². The van der Waals surface area contributed by atoms with Gasteiger partial charge in [-0.15, -0.1) is 4.73 Å². The minimum atomic E-state index is -3.75. The van der Waals surface area contributed by atoms with Gasteiger partial charge in [-0.3, -0.25) is 4.79 Å². The molecule has 13 heteroatoms. The van der Waals surface area contributed by atoms with Gasteiger partial charge in [-0.1, -0.05) is 41.4 Å². The van der Waals surface area contributed by atoms with Gasteiger partial charge in [0.1, 0.15) is 12.9 Å². The summed E-state index contributed by atoms with van der Waals surface area (Å²) in [5.74, 6) is 0.175. The van der Waals surface area contributed by atoms with Gasteiger partial charge >= 0.3 is 0 Å². The molecule has 1 fully saturated rings. The molecule has 37 heavy (non-hydrogen) atoms. The zero-order valence-electron chi connectivity index (χ0n) is 19.5. The third kappa shape index (κ3) is 4.53. The van der Waals surface area contributed by atoms with Crippen molar-refractivity contribution in [1.82, 2.24) is 19.0 Å². The lowest BCUT2D eigenvalue weighted by molar-refractivity contribution is 0.0730. The summed E-state index contributed by atoms with van der Waals surface area (Å²) in [5, 5.41) is 0.885. The van der Waals surface area contributed by atoms with Gasteiger partial charge in [-0.2, -0.15) is 4.31 Å². The van der Waals surface area contributed by atoms with Crippen LogP contribution < -0.4 is 16.1 Å². The maximum atomic E-state index is 13.4. The molecule has 5 rings (SSSR count). The monoisotopic (exact) mass is 561 g/mol. The first-order valence-corrected chi connectivity index (χ1v) is 13.3. The molecule has 10 nitrogen and oxygen atoms in total. The van der Waals surface area contributed by atoms with Crippen LogP contribution in [0.3, 0.4) is 0 Å². The Kier molecular flexibility index (Phi) is 6.82. The van der Waals surface area contributed by atoms with Crippen LogP contribution in [-0.2, 0) is 14.8 Å². The number of benzene rings is 2. The van der Waals surface area contributed by atoms with E-state index >= 15 is 0 Å². The first kappa shape index (κ1) is 25.4. The summed E-state index contributed by atoms with van der Waals surface area (Å²) in [6, 6.07) is 12.6. The lowest BCUT2D eigenvalue weighted by atomic mass is 10.1. The molecule has 0 saturated carbocycles. The number of hydrogen-bond donors (Lipinski definition) is 1. The molecule has 0 aliphatic carbocycles. The van der Waals surface area contributed by atoms with E-state index in [9.17, 15) is 13.2 Å². The number of halogens is 2. The minimum Gasteiger partial charge on any atom is -0.412 e. The van der Waals surface area contributed by atoms with E-state index in [0.29, 0.717) is 29.7 Å². The first-order valence-electron chi connectivity index (χ1n) is 11.1. The van der Waals surface area contributed by atoms with Gasteiger partial charge in [0.15, 0.2) is 11.5 Å². The first-order chi connectivity index (χ1) is 17.7. The quantitative estimate of drug-likeness (QED) is 0.393. The van der Waals surface area contributed by atoms with Crippen molar-refractivity contribution in [2.45, 2.75) is 4.90 Å². The Morgan fingerprint density at radius 1 is 1.03 bits per heavy atom. The number of hydrogen-bond acceptors (Lipinski definition) is 8. The Labute approximate surface area is 222 Å². The summed E-state index contributed by atoms with van der Waals surface area (Å²) in [4.78, 5) is 27.7. The summed E-state index contributed by atoms with van der Waals surface area (Å²) < 4.78 is 33.9. The Balaban J connectivity index is 1.66. The molecule has 0 amide bonds. The van der Waals surface area contributed by atoms with Crippen molar-refractivity contribution in [2.24, 2.45) is 0 Å². The molecule has 2 aromatic carbocycles. The lowest BCUT2D eigenvalue weighted by Crippen LogP contribution is -2.40. The number of nitrogens with zero attached hydrogens (tertiary/aromatic N) is 4. The van der Waals surface area contributed by atoms with Crippen LogP contribution in [0.4, 0.5) is 5.82 Å². The highest BCUT2D eigenvalue weighted by atomic mass is 35.5. The molecule has 0 atom stereocenters. The maximum Gasteiger partial charge on any atom is 0.293 e. The number of ether oxygens (including phenoxy) is 1. The number of anilines is 1. The lowest BCUT2D eigenvalue weighted by Gasteiger charge is -2.26. The van der Waals surface area contributed by atoms with Crippen LogP contribution in [0.2, 0.25) is 10.0 Å². The van der Waals surface area contributed by atoms with Crippen LogP contribution in [0.15, 0.2) is 58.2 Å². The number of sulfonamides is 1. The molecule has 1 saturated heterocycles. The Morgan fingerprint density at radius 3 is 2.38 bits per heavy atom. The smallest absolute Gasteiger partial charge is 0.293 e. The van der Waals surface area contributed by atoms with E-state index < -0.39 is 15.6 Å². The average Bonchev–Trinajstić information content (AvgIpc) is 2.89. The predicted molar refractivity (Wildman–Crippen MR) is 141 cm³/mol. The van der Waals surface area contributed by atoms with Gasteiger partial charge in [0.05, 0.1) is 39.1 Å². The molecule has 0 unspecified atom stereocenters. The van der Waals surface area contributed by atoms with E-state index in [1.54, 1.807) is 30.3 Å². The minimum absolute atomic E-state index is 0.0525. The van der Waals surface area contributed by atoms with Crippen molar-refractivity contribution in [3.63, 3.8) is 0 Å². The van der Waals surface area contributed by atoms with Crippen molar-refractivity contribution in [1.29, 1.82) is 0 Å². The number of aromatic nitrogens is 3. The fourth-order valence-electron chi connectivity index (χ4n) is 4.14. The molecule has 3 heterocycles. The van der Waals surface area contributed by atoms with E-state index in [1.165, 1.54) is 29.6 Å². The van der Waals surface area contributed by atoms with Gasteiger partial charge in [0, 0.05) is 24.2 Å². The maximum absolute atomic E-state index is 13.4. The number of morpholine rings is 1. The topological polar surface area (TPSA) is 130 Å².